The molecule has 1 aromatic rings. The molecular formula is C15H19NO2. The van der Waals surface area contributed by atoms with Gasteiger partial charge in [-0.3, -0.25) is 4.90 Å². The van der Waals surface area contributed by atoms with E-state index in [0.717, 1.165) is 30.2 Å². The SMILES string of the molecule is C#CCN(CC=C)Cc1ccc(OC)cc1OC. The number of nitrogens with zero attached hydrogens (tertiary/aromatic N) is 1. The molecule has 18 heavy (non-hydrogen) atoms. The van der Waals surface area contributed by atoms with Crippen LogP contribution in [0.5, 0.6) is 11.5 Å². The first-order valence-electron chi connectivity index (χ1n) is 5.72. The van der Waals surface area contributed by atoms with Crippen molar-refractivity contribution in [2.45, 2.75) is 6.54 Å². The molecule has 3 heteroatoms. The van der Waals surface area contributed by atoms with Gasteiger partial charge in [-0.1, -0.05) is 18.1 Å². The second-order valence-electron chi connectivity index (χ2n) is 3.84. The highest BCUT2D eigenvalue weighted by Gasteiger charge is 2.09. The second-order valence-corrected chi connectivity index (χ2v) is 3.84. The van der Waals surface area contributed by atoms with Crippen LogP contribution in [0.4, 0.5) is 0 Å². The molecular weight excluding hydrogens is 226 g/mol. The zero-order valence-corrected chi connectivity index (χ0v) is 11.0. The lowest BCUT2D eigenvalue weighted by molar-refractivity contribution is 0.321. The summed E-state index contributed by atoms with van der Waals surface area (Å²) < 4.78 is 10.5. The number of benzene rings is 1. The average molecular weight is 245 g/mol. The first kappa shape index (κ1) is 14.1. The summed E-state index contributed by atoms with van der Waals surface area (Å²) in [5, 5.41) is 0. The molecule has 0 saturated carbocycles. The lowest BCUT2D eigenvalue weighted by atomic mass is 10.1. The van der Waals surface area contributed by atoms with E-state index in [1.54, 1.807) is 14.2 Å². The van der Waals surface area contributed by atoms with Gasteiger partial charge in [-0.15, -0.1) is 13.0 Å². The van der Waals surface area contributed by atoms with Crippen molar-refractivity contribution < 1.29 is 9.47 Å². The zero-order valence-electron chi connectivity index (χ0n) is 11.0. The highest BCUT2D eigenvalue weighted by atomic mass is 16.5. The van der Waals surface area contributed by atoms with Crippen molar-refractivity contribution in [3.8, 4) is 23.8 Å². The lowest BCUT2D eigenvalue weighted by Crippen LogP contribution is -2.23. The van der Waals surface area contributed by atoms with E-state index < -0.39 is 0 Å². The smallest absolute Gasteiger partial charge is 0.127 e. The number of hydrogen-bond acceptors (Lipinski definition) is 3. The van der Waals surface area contributed by atoms with Gasteiger partial charge < -0.3 is 9.47 Å². The van der Waals surface area contributed by atoms with Gasteiger partial charge in [-0.2, -0.15) is 0 Å². The third-order valence-corrected chi connectivity index (χ3v) is 2.59. The fraction of sp³-hybridized carbons (Fsp3) is 0.333. The standard InChI is InChI=1S/C15H19NO2/c1-5-9-16(10-6-2)12-13-7-8-14(17-3)11-15(13)18-4/h1,6-8,11H,2,9-10,12H2,3-4H3. The van der Waals surface area contributed by atoms with Crippen molar-refractivity contribution in [1.82, 2.24) is 4.90 Å². The van der Waals surface area contributed by atoms with Crippen molar-refractivity contribution in [1.29, 1.82) is 0 Å². The van der Waals surface area contributed by atoms with E-state index in [-0.39, 0.29) is 0 Å². The Morgan fingerprint density at radius 2 is 2.17 bits per heavy atom. The van der Waals surface area contributed by atoms with E-state index in [4.69, 9.17) is 15.9 Å². The molecule has 0 aliphatic rings. The summed E-state index contributed by atoms with van der Waals surface area (Å²) in [6.07, 6.45) is 7.19. The number of ether oxygens (including phenoxy) is 2. The van der Waals surface area contributed by atoms with E-state index in [9.17, 15) is 0 Å². The monoisotopic (exact) mass is 245 g/mol. The molecule has 0 atom stereocenters. The highest BCUT2D eigenvalue weighted by Crippen LogP contribution is 2.25. The maximum Gasteiger partial charge on any atom is 0.127 e. The zero-order chi connectivity index (χ0) is 13.4. The Bertz CT molecular complexity index is 435. The Labute approximate surface area is 109 Å². The minimum Gasteiger partial charge on any atom is -0.497 e. The quantitative estimate of drug-likeness (QED) is 0.543. The Balaban J connectivity index is 2.87. The number of methoxy groups -OCH3 is 2. The molecule has 0 unspecified atom stereocenters. The van der Waals surface area contributed by atoms with E-state index in [0.29, 0.717) is 6.54 Å². The minimum atomic E-state index is 0.585. The molecule has 0 N–H and O–H groups in total. The van der Waals surface area contributed by atoms with Crippen LogP contribution in [0.3, 0.4) is 0 Å². The predicted molar refractivity (Wildman–Crippen MR) is 73.9 cm³/mol. The van der Waals surface area contributed by atoms with Crippen LogP contribution in [0.1, 0.15) is 5.56 Å². The Kier molecular flexibility index (Phi) is 5.83. The van der Waals surface area contributed by atoms with Gasteiger partial charge in [0.2, 0.25) is 0 Å². The molecule has 0 saturated heterocycles. The van der Waals surface area contributed by atoms with Gasteiger partial charge in [0.05, 0.1) is 20.8 Å². The summed E-state index contributed by atoms with van der Waals surface area (Å²) in [5.74, 6) is 4.23. The first-order chi connectivity index (χ1) is 8.74. The van der Waals surface area contributed by atoms with Crippen molar-refractivity contribution in [2.24, 2.45) is 0 Å². The maximum absolute atomic E-state index is 5.36. The van der Waals surface area contributed by atoms with Crippen molar-refractivity contribution in [3.05, 3.63) is 36.4 Å². The summed E-state index contributed by atoms with van der Waals surface area (Å²) >= 11 is 0. The van der Waals surface area contributed by atoms with Crippen LogP contribution >= 0.6 is 0 Å². The first-order valence-corrected chi connectivity index (χ1v) is 5.72. The molecule has 1 rings (SSSR count). The van der Waals surface area contributed by atoms with E-state index >= 15 is 0 Å². The van der Waals surface area contributed by atoms with Crippen LogP contribution < -0.4 is 9.47 Å². The molecule has 3 nitrogen and oxygen atoms in total. The summed E-state index contributed by atoms with van der Waals surface area (Å²) in [6.45, 7) is 5.79. The Hall–Kier alpha value is -1.92. The number of hydrogen-bond donors (Lipinski definition) is 0. The summed E-state index contributed by atoms with van der Waals surface area (Å²) in [6, 6.07) is 5.78. The molecule has 0 fully saturated rings. The van der Waals surface area contributed by atoms with Crippen molar-refractivity contribution in [2.75, 3.05) is 27.3 Å². The molecule has 0 radical (unpaired) electrons. The molecule has 96 valence electrons. The molecule has 0 bridgehead atoms. The second kappa shape index (κ2) is 7.41. The average Bonchev–Trinajstić information content (AvgIpc) is 2.39. The van der Waals surface area contributed by atoms with Gasteiger partial charge in [0, 0.05) is 24.7 Å². The fourth-order valence-electron chi connectivity index (χ4n) is 1.72. The molecule has 0 heterocycles. The number of rotatable bonds is 7. The normalized spacial score (nSPS) is 9.89. The third kappa shape index (κ3) is 3.83. The fourth-order valence-corrected chi connectivity index (χ4v) is 1.72. The summed E-state index contributed by atoms with van der Waals surface area (Å²) in [4.78, 5) is 2.11. The number of terminal acetylenes is 1. The highest BCUT2D eigenvalue weighted by molar-refractivity contribution is 5.40. The van der Waals surface area contributed by atoms with Crippen molar-refractivity contribution in [3.63, 3.8) is 0 Å². The molecule has 0 amide bonds. The van der Waals surface area contributed by atoms with Gasteiger partial charge in [-0.05, 0) is 6.07 Å². The van der Waals surface area contributed by atoms with E-state index in [2.05, 4.69) is 17.4 Å². The van der Waals surface area contributed by atoms with Gasteiger partial charge in [-0.25, -0.2) is 0 Å². The predicted octanol–water partition coefficient (Wildman–Crippen LogP) is 2.33. The Morgan fingerprint density at radius 3 is 2.72 bits per heavy atom. The summed E-state index contributed by atoms with van der Waals surface area (Å²) in [7, 11) is 3.29. The molecule has 0 aliphatic carbocycles. The largest absolute Gasteiger partial charge is 0.497 e. The summed E-state index contributed by atoms with van der Waals surface area (Å²) in [5.41, 5.74) is 1.08. The van der Waals surface area contributed by atoms with Gasteiger partial charge in [0.15, 0.2) is 0 Å². The molecule has 0 spiro atoms. The van der Waals surface area contributed by atoms with Crippen LogP contribution in [0.25, 0.3) is 0 Å². The topological polar surface area (TPSA) is 21.7 Å². The van der Waals surface area contributed by atoms with Crippen LogP contribution in [0.2, 0.25) is 0 Å². The van der Waals surface area contributed by atoms with Gasteiger partial charge >= 0.3 is 0 Å². The van der Waals surface area contributed by atoms with Crippen LogP contribution in [0.15, 0.2) is 30.9 Å². The maximum atomic E-state index is 5.36. The van der Waals surface area contributed by atoms with E-state index in [1.807, 2.05) is 24.3 Å². The lowest BCUT2D eigenvalue weighted by Gasteiger charge is -2.19. The van der Waals surface area contributed by atoms with Gasteiger partial charge in [0.25, 0.3) is 0 Å². The molecule has 0 aliphatic heterocycles. The Morgan fingerprint density at radius 1 is 1.39 bits per heavy atom. The van der Waals surface area contributed by atoms with Crippen LogP contribution in [-0.2, 0) is 6.54 Å². The van der Waals surface area contributed by atoms with E-state index in [1.165, 1.54) is 0 Å². The minimum absolute atomic E-state index is 0.585. The van der Waals surface area contributed by atoms with Crippen LogP contribution in [-0.4, -0.2) is 32.2 Å². The van der Waals surface area contributed by atoms with Gasteiger partial charge in [0.1, 0.15) is 11.5 Å². The molecule has 1 aromatic carbocycles. The third-order valence-electron chi connectivity index (χ3n) is 2.59. The van der Waals surface area contributed by atoms with Crippen LogP contribution in [0, 0.1) is 12.3 Å². The molecule has 0 aromatic heterocycles. The van der Waals surface area contributed by atoms with Crippen molar-refractivity contribution >= 4 is 0 Å².